The van der Waals surface area contributed by atoms with E-state index in [1.807, 2.05) is 0 Å². The van der Waals surface area contributed by atoms with Crippen molar-refractivity contribution in [2.75, 3.05) is 25.9 Å². The van der Waals surface area contributed by atoms with Gasteiger partial charge >= 0.3 is 5.97 Å². The average molecular weight is 250 g/mol. The lowest BCUT2D eigenvalue weighted by atomic mass is 10.2. The van der Waals surface area contributed by atoms with Crippen molar-refractivity contribution in [3.63, 3.8) is 0 Å². The van der Waals surface area contributed by atoms with Crippen LogP contribution in [-0.4, -0.2) is 42.2 Å². The number of aromatic carboxylic acids is 1. The van der Waals surface area contributed by atoms with E-state index in [2.05, 4.69) is 11.9 Å². The monoisotopic (exact) mass is 250 g/mol. The number of benzene rings is 1. The van der Waals surface area contributed by atoms with Crippen molar-refractivity contribution in [1.82, 2.24) is 4.90 Å². The molecule has 1 saturated carbocycles. The second-order valence-corrected chi connectivity index (χ2v) is 4.62. The maximum Gasteiger partial charge on any atom is 0.339 e. The molecule has 98 valence electrons. The van der Waals surface area contributed by atoms with Gasteiger partial charge in [0.05, 0.1) is 0 Å². The normalized spacial score (nSPS) is 14.8. The molecule has 1 aliphatic carbocycles. The Morgan fingerprint density at radius 1 is 1.56 bits per heavy atom. The van der Waals surface area contributed by atoms with E-state index in [4.69, 9.17) is 15.6 Å². The van der Waals surface area contributed by atoms with Gasteiger partial charge in [0, 0.05) is 18.3 Å². The minimum atomic E-state index is -1.02. The van der Waals surface area contributed by atoms with Crippen LogP contribution >= 0.6 is 0 Å². The SMILES string of the molecule is CN(CCOc1ccc(N)cc1C(=O)O)C1CC1. The molecule has 3 N–H and O–H groups in total. The number of anilines is 1. The maximum atomic E-state index is 11.0. The molecule has 1 fully saturated rings. The highest BCUT2D eigenvalue weighted by Gasteiger charge is 2.25. The Morgan fingerprint density at radius 2 is 2.28 bits per heavy atom. The molecule has 1 aliphatic rings. The van der Waals surface area contributed by atoms with Gasteiger partial charge in [-0.3, -0.25) is 0 Å². The summed E-state index contributed by atoms with van der Waals surface area (Å²) in [6.45, 7) is 1.28. The van der Waals surface area contributed by atoms with E-state index in [1.54, 1.807) is 12.1 Å². The van der Waals surface area contributed by atoms with Crippen LogP contribution in [0, 0.1) is 0 Å². The Bertz CT molecular complexity index is 444. The standard InChI is InChI=1S/C13H18N2O3/c1-15(10-3-4-10)6-7-18-12-5-2-9(14)8-11(12)13(16)17/h2,5,8,10H,3-4,6-7,14H2,1H3,(H,16,17). The Labute approximate surface area is 106 Å². The average Bonchev–Trinajstić information content (AvgIpc) is 3.14. The van der Waals surface area contributed by atoms with E-state index in [-0.39, 0.29) is 5.56 Å². The zero-order chi connectivity index (χ0) is 13.1. The number of hydrogen-bond acceptors (Lipinski definition) is 4. The van der Waals surface area contributed by atoms with E-state index in [0.717, 1.165) is 6.54 Å². The molecular weight excluding hydrogens is 232 g/mol. The summed E-state index contributed by atoms with van der Waals surface area (Å²) in [6, 6.07) is 5.35. The first-order valence-electron chi connectivity index (χ1n) is 6.04. The smallest absolute Gasteiger partial charge is 0.339 e. The summed E-state index contributed by atoms with van der Waals surface area (Å²) in [5, 5.41) is 9.05. The van der Waals surface area contributed by atoms with Crippen LogP contribution in [0.1, 0.15) is 23.2 Å². The lowest BCUT2D eigenvalue weighted by molar-refractivity contribution is 0.0691. The second kappa shape index (κ2) is 5.27. The molecule has 0 aromatic heterocycles. The van der Waals surface area contributed by atoms with Gasteiger partial charge in [-0.1, -0.05) is 0 Å². The van der Waals surface area contributed by atoms with Crippen LogP contribution in [0.2, 0.25) is 0 Å². The number of carboxylic acids is 1. The summed E-state index contributed by atoms with van der Waals surface area (Å²) < 4.78 is 5.52. The molecular formula is C13H18N2O3. The van der Waals surface area contributed by atoms with Crippen molar-refractivity contribution >= 4 is 11.7 Å². The Balaban J connectivity index is 1.93. The van der Waals surface area contributed by atoms with Gasteiger partial charge in [0.15, 0.2) is 0 Å². The topological polar surface area (TPSA) is 75.8 Å². The van der Waals surface area contributed by atoms with Gasteiger partial charge < -0.3 is 20.5 Å². The number of ether oxygens (including phenoxy) is 1. The van der Waals surface area contributed by atoms with Crippen molar-refractivity contribution in [1.29, 1.82) is 0 Å². The number of nitrogens with zero attached hydrogens (tertiary/aromatic N) is 1. The van der Waals surface area contributed by atoms with E-state index in [0.29, 0.717) is 24.1 Å². The third kappa shape index (κ3) is 3.13. The molecule has 0 radical (unpaired) electrons. The summed E-state index contributed by atoms with van der Waals surface area (Å²) in [5.41, 5.74) is 6.10. The summed E-state index contributed by atoms with van der Waals surface area (Å²) in [6.07, 6.45) is 2.50. The van der Waals surface area contributed by atoms with E-state index >= 15 is 0 Å². The minimum absolute atomic E-state index is 0.115. The van der Waals surface area contributed by atoms with Gasteiger partial charge in [-0.25, -0.2) is 4.79 Å². The molecule has 1 aromatic carbocycles. The van der Waals surface area contributed by atoms with Gasteiger partial charge in [-0.05, 0) is 38.1 Å². The minimum Gasteiger partial charge on any atom is -0.491 e. The third-order valence-electron chi connectivity index (χ3n) is 3.11. The molecule has 0 amide bonds. The van der Waals surface area contributed by atoms with E-state index in [9.17, 15) is 4.79 Å². The fourth-order valence-corrected chi connectivity index (χ4v) is 1.84. The number of likely N-dealkylation sites (N-methyl/N-ethyl adjacent to an activating group) is 1. The summed E-state index contributed by atoms with van der Waals surface area (Å²) in [4.78, 5) is 13.3. The van der Waals surface area contributed by atoms with E-state index in [1.165, 1.54) is 18.9 Å². The molecule has 0 saturated heterocycles. The fourth-order valence-electron chi connectivity index (χ4n) is 1.84. The van der Waals surface area contributed by atoms with Gasteiger partial charge in [0.2, 0.25) is 0 Å². The predicted molar refractivity (Wildman–Crippen MR) is 69.0 cm³/mol. The van der Waals surface area contributed by atoms with Crippen LogP contribution in [0.3, 0.4) is 0 Å². The van der Waals surface area contributed by atoms with Crippen LogP contribution < -0.4 is 10.5 Å². The Hall–Kier alpha value is -1.75. The summed E-state index contributed by atoms with van der Waals surface area (Å²) in [7, 11) is 2.06. The molecule has 0 unspecified atom stereocenters. The summed E-state index contributed by atoms with van der Waals surface area (Å²) in [5.74, 6) is -0.645. The molecule has 0 spiro atoms. The molecule has 0 atom stereocenters. The Kier molecular flexibility index (Phi) is 3.72. The molecule has 18 heavy (non-hydrogen) atoms. The first kappa shape index (κ1) is 12.7. The first-order valence-corrected chi connectivity index (χ1v) is 6.04. The number of carboxylic acid groups (broad SMARTS) is 1. The second-order valence-electron chi connectivity index (χ2n) is 4.62. The van der Waals surface area contributed by atoms with Crippen LogP contribution in [0.5, 0.6) is 5.75 Å². The molecule has 1 aromatic rings. The molecule has 2 rings (SSSR count). The number of carbonyl (C=O) groups is 1. The molecule has 0 aliphatic heterocycles. The predicted octanol–water partition coefficient (Wildman–Crippen LogP) is 1.44. The van der Waals surface area contributed by atoms with Crippen LogP contribution in [0.4, 0.5) is 5.69 Å². The summed E-state index contributed by atoms with van der Waals surface area (Å²) >= 11 is 0. The van der Waals surface area contributed by atoms with Gasteiger partial charge in [0.25, 0.3) is 0 Å². The number of nitrogens with two attached hydrogens (primary N) is 1. The van der Waals surface area contributed by atoms with Crippen molar-refractivity contribution in [2.24, 2.45) is 0 Å². The highest BCUT2D eigenvalue weighted by molar-refractivity contribution is 5.92. The zero-order valence-electron chi connectivity index (χ0n) is 10.4. The van der Waals surface area contributed by atoms with E-state index < -0.39 is 5.97 Å². The highest BCUT2D eigenvalue weighted by atomic mass is 16.5. The van der Waals surface area contributed by atoms with Crippen molar-refractivity contribution in [3.05, 3.63) is 23.8 Å². The zero-order valence-corrected chi connectivity index (χ0v) is 10.4. The fraction of sp³-hybridized carbons (Fsp3) is 0.462. The Morgan fingerprint density at radius 3 is 2.89 bits per heavy atom. The molecule has 5 heteroatoms. The van der Waals surface area contributed by atoms with Crippen molar-refractivity contribution in [2.45, 2.75) is 18.9 Å². The molecule has 0 heterocycles. The van der Waals surface area contributed by atoms with Crippen molar-refractivity contribution in [3.8, 4) is 5.75 Å². The number of nitrogen functional groups attached to an aromatic ring is 1. The van der Waals surface area contributed by atoms with Crippen molar-refractivity contribution < 1.29 is 14.6 Å². The quantitative estimate of drug-likeness (QED) is 0.747. The van der Waals surface area contributed by atoms with Gasteiger partial charge in [0.1, 0.15) is 17.9 Å². The molecule has 5 nitrogen and oxygen atoms in total. The third-order valence-corrected chi connectivity index (χ3v) is 3.11. The highest BCUT2D eigenvalue weighted by Crippen LogP contribution is 2.25. The largest absolute Gasteiger partial charge is 0.491 e. The maximum absolute atomic E-state index is 11.0. The van der Waals surface area contributed by atoms with Crippen LogP contribution in [0.25, 0.3) is 0 Å². The van der Waals surface area contributed by atoms with Gasteiger partial charge in [-0.15, -0.1) is 0 Å². The first-order chi connectivity index (χ1) is 8.58. The van der Waals surface area contributed by atoms with Gasteiger partial charge in [-0.2, -0.15) is 0 Å². The lowest BCUT2D eigenvalue weighted by Gasteiger charge is -2.16. The lowest BCUT2D eigenvalue weighted by Crippen LogP contribution is -2.26. The number of hydrogen-bond donors (Lipinski definition) is 2. The molecule has 0 bridgehead atoms. The van der Waals surface area contributed by atoms with Crippen LogP contribution in [0.15, 0.2) is 18.2 Å². The van der Waals surface area contributed by atoms with Crippen LogP contribution in [-0.2, 0) is 0 Å². The number of rotatable bonds is 6.